The summed E-state index contributed by atoms with van der Waals surface area (Å²) in [4.78, 5) is 23.9. The Morgan fingerprint density at radius 3 is 2.26 bits per heavy atom. The predicted molar refractivity (Wildman–Crippen MR) is 102 cm³/mol. The summed E-state index contributed by atoms with van der Waals surface area (Å²) < 4.78 is 15.4. The van der Waals surface area contributed by atoms with Crippen LogP contribution in [0.25, 0.3) is 0 Å². The van der Waals surface area contributed by atoms with Crippen molar-refractivity contribution < 1.29 is 23.8 Å². The molecule has 0 radical (unpaired) electrons. The number of carbonyl (C=O) groups excluding carboxylic acids is 2. The number of hydrogen-bond donors (Lipinski definition) is 2. The highest BCUT2D eigenvalue weighted by atomic mass is 35.5. The predicted octanol–water partition coefficient (Wildman–Crippen LogP) is 2.45. The van der Waals surface area contributed by atoms with E-state index in [0.717, 1.165) is 0 Å². The molecule has 0 aromatic heterocycles. The summed E-state index contributed by atoms with van der Waals surface area (Å²) in [5, 5.41) is 6.56. The van der Waals surface area contributed by atoms with Crippen molar-refractivity contribution in [1.82, 2.24) is 5.43 Å². The summed E-state index contributed by atoms with van der Waals surface area (Å²) in [7, 11) is 4.47. The highest BCUT2D eigenvalue weighted by Crippen LogP contribution is 2.28. The maximum atomic E-state index is 12.0. The molecule has 9 heteroatoms. The van der Waals surface area contributed by atoms with Crippen molar-refractivity contribution >= 4 is 35.3 Å². The van der Waals surface area contributed by atoms with Gasteiger partial charge in [-0.15, -0.1) is 0 Å². The first-order chi connectivity index (χ1) is 13.0. The molecule has 0 fully saturated rings. The fourth-order valence-electron chi connectivity index (χ4n) is 2.11. The van der Waals surface area contributed by atoms with Gasteiger partial charge >= 0.3 is 11.8 Å². The molecule has 142 valence electrons. The van der Waals surface area contributed by atoms with Crippen LogP contribution in [0.1, 0.15) is 5.56 Å². The molecule has 2 amide bonds. The molecule has 2 N–H and O–H groups in total. The molecule has 0 aliphatic carbocycles. The van der Waals surface area contributed by atoms with E-state index in [-0.39, 0.29) is 5.69 Å². The minimum absolute atomic E-state index is 0.272. The first kappa shape index (κ1) is 20.1. The van der Waals surface area contributed by atoms with E-state index in [0.29, 0.717) is 27.8 Å². The van der Waals surface area contributed by atoms with Gasteiger partial charge in [-0.1, -0.05) is 11.6 Å². The van der Waals surface area contributed by atoms with Gasteiger partial charge in [0.1, 0.15) is 5.75 Å². The number of amides is 2. The normalized spacial score (nSPS) is 10.4. The van der Waals surface area contributed by atoms with Gasteiger partial charge in [-0.25, -0.2) is 5.43 Å². The molecule has 0 bridgehead atoms. The van der Waals surface area contributed by atoms with E-state index in [2.05, 4.69) is 15.8 Å². The van der Waals surface area contributed by atoms with Crippen LogP contribution in [0.15, 0.2) is 41.5 Å². The van der Waals surface area contributed by atoms with E-state index in [9.17, 15) is 9.59 Å². The second-order valence-electron chi connectivity index (χ2n) is 5.11. The van der Waals surface area contributed by atoms with Crippen molar-refractivity contribution in [3.63, 3.8) is 0 Å². The number of carbonyl (C=O) groups is 2. The summed E-state index contributed by atoms with van der Waals surface area (Å²) in [6.45, 7) is 0. The van der Waals surface area contributed by atoms with Crippen molar-refractivity contribution in [3.8, 4) is 17.2 Å². The molecule has 0 atom stereocenters. The Bertz CT molecular complexity index is 870. The van der Waals surface area contributed by atoms with Gasteiger partial charge in [0.2, 0.25) is 0 Å². The number of hydrazone groups is 1. The molecule has 2 rings (SSSR count). The van der Waals surface area contributed by atoms with Gasteiger partial charge in [0, 0.05) is 5.02 Å². The van der Waals surface area contributed by atoms with Crippen LogP contribution in [0.2, 0.25) is 5.02 Å². The van der Waals surface area contributed by atoms with Crippen molar-refractivity contribution in [3.05, 3.63) is 47.0 Å². The molecular weight excluding hydrogens is 374 g/mol. The molecule has 8 nitrogen and oxygen atoms in total. The number of halogens is 1. The third-order valence-corrected chi connectivity index (χ3v) is 3.64. The topological polar surface area (TPSA) is 98.2 Å². The van der Waals surface area contributed by atoms with Gasteiger partial charge in [-0.3, -0.25) is 9.59 Å². The Morgan fingerprint density at radius 1 is 0.926 bits per heavy atom. The summed E-state index contributed by atoms with van der Waals surface area (Å²) >= 11 is 5.88. The molecule has 0 saturated heterocycles. The largest absolute Gasteiger partial charge is 0.495 e. The summed E-state index contributed by atoms with van der Waals surface area (Å²) in [6.07, 6.45) is 1.37. The molecular formula is C18H18ClN3O5. The average molecular weight is 392 g/mol. The summed E-state index contributed by atoms with van der Waals surface area (Å²) in [5.41, 5.74) is 3.06. The van der Waals surface area contributed by atoms with Crippen LogP contribution in [0, 0.1) is 0 Å². The molecule has 0 saturated carbocycles. The Kier molecular flexibility index (Phi) is 7.01. The third-order valence-electron chi connectivity index (χ3n) is 3.40. The lowest BCUT2D eigenvalue weighted by atomic mass is 10.2. The van der Waals surface area contributed by atoms with Crippen molar-refractivity contribution in [2.75, 3.05) is 26.6 Å². The van der Waals surface area contributed by atoms with E-state index in [1.165, 1.54) is 33.6 Å². The SMILES string of the molecule is COc1ccc(Cl)cc1NC(=O)C(=O)N/N=C\c1ccc(OC)c(OC)c1. The van der Waals surface area contributed by atoms with Crippen molar-refractivity contribution in [2.24, 2.45) is 5.10 Å². The quantitative estimate of drug-likeness (QED) is 0.447. The lowest BCUT2D eigenvalue weighted by Crippen LogP contribution is -2.32. The fraction of sp³-hybridized carbons (Fsp3) is 0.167. The number of rotatable bonds is 6. The van der Waals surface area contributed by atoms with Crippen molar-refractivity contribution in [2.45, 2.75) is 0 Å². The standard InChI is InChI=1S/C18H18ClN3O5/c1-25-14-7-5-12(19)9-13(14)21-17(23)18(24)22-20-10-11-4-6-15(26-2)16(8-11)27-3/h4-10H,1-3H3,(H,21,23)(H,22,24)/b20-10-. The Morgan fingerprint density at radius 2 is 1.59 bits per heavy atom. The third kappa shape index (κ3) is 5.35. The smallest absolute Gasteiger partial charge is 0.329 e. The highest BCUT2D eigenvalue weighted by Gasteiger charge is 2.15. The summed E-state index contributed by atoms with van der Waals surface area (Å²) in [5.74, 6) is -0.421. The van der Waals surface area contributed by atoms with Gasteiger partial charge in [0.05, 0.1) is 33.2 Å². The number of nitrogens with zero attached hydrogens (tertiary/aromatic N) is 1. The van der Waals surface area contributed by atoms with E-state index in [1.807, 2.05) is 0 Å². The lowest BCUT2D eigenvalue weighted by Gasteiger charge is -2.09. The number of ether oxygens (including phenoxy) is 3. The van der Waals surface area contributed by atoms with E-state index in [4.69, 9.17) is 25.8 Å². The molecule has 2 aromatic rings. The van der Waals surface area contributed by atoms with Crippen LogP contribution < -0.4 is 25.0 Å². The van der Waals surface area contributed by atoms with Gasteiger partial charge < -0.3 is 19.5 Å². The maximum absolute atomic E-state index is 12.0. The number of anilines is 1. The number of benzene rings is 2. The molecule has 0 heterocycles. The van der Waals surface area contributed by atoms with Crippen molar-refractivity contribution in [1.29, 1.82) is 0 Å². The van der Waals surface area contributed by atoms with E-state index < -0.39 is 11.8 Å². The van der Waals surface area contributed by atoms with Crippen LogP contribution in [0.3, 0.4) is 0 Å². The monoisotopic (exact) mass is 391 g/mol. The van der Waals surface area contributed by atoms with Crippen LogP contribution in [0.4, 0.5) is 5.69 Å². The number of nitrogens with one attached hydrogen (secondary N) is 2. The Balaban J connectivity index is 2.00. The first-order valence-corrected chi connectivity index (χ1v) is 8.06. The summed E-state index contributed by atoms with van der Waals surface area (Å²) in [6, 6.07) is 9.73. The highest BCUT2D eigenvalue weighted by molar-refractivity contribution is 6.40. The zero-order valence-corrected chi connectivity index (χ0v) is 15.7. The van der Waals surface area contributed by atoms with Crippen LogP contribution >= 0.6 is 11.6 Å². The maximum Gasteiger partial charge on any atom is 0.329 e. The van der Waals surface area contributed by atoms with Gasteiger partial charge in [-0.2, -0.15) is 5.10 Å². The first-order valence-electron chi connectivity index (χ1n) is 7.68. The van der Waals surface area contributed by atoms with Gasteiger partial charge in [0.15, 0.2) is 11.5 Å². The van der Waals surface area contributed by atoms with Crippen LogP contribution in [-0.4, -0.2) is 39.4 Å². The number of hydrogen-bond acceptors (Lipinski definition) is 6. The molecule has 27 heavy (non-hydrogen) atoms. The molecule has 0 aliphatic heterocycles. The molecule has 2 aromatic carbocycles. The minimum atomic E-state index is -0.950. The second kappa shape index (κ2) is 9.44. The van der Waals surface area contributed by atoms with Crippen LogP contribution in [-0.2, 0) is 9.59 Å². The zero-order chi connectivity index (χ0) is 19.8. The van der Waals surface area contributed by atoms with E-state index >= 15 is 0 Å². The van der Waals surface area contributed by atoms with Gasteiger partial charge in [0.25, 0.3) is 0 Å². The second-order valence-corrected chi connectivity index (χ2v) is 5.55. The minimum Gasteiger partial charge on any atom is -0.495 e. The average Bonchev–Trinajstić information content (AvgIpc) is 2.67. The Hall–Kier alpha value is -3.26. The fourth-order valence-corrected chi connectivity index (χ4v) is 2.28. The van der Waals surface area contributed by atoms with E-state index in [1.54, 1.807) is 30.3 Å². The molecule has 0 unspecified atom stereocenters. The molecule has 0 spiro atoms. The van der Waals surface area contributed by atoms with Gasteiger partial charge in [-0.05, 0) is 42.0 Å². The van der Waals surface area contributed by atoms with Crippen LogP contribution in [0.5, 0.6) is 17.2 Å². The lowest BCUT2D eigenvalue weighted by molar-refractivity contribution is -0.136. The Labute approximate surface area is 161 Å². The number of methoxy groups -OCH3 is 3. The molecule has 0 aliphatic rings. The zero-order valence-electron chi connectivity index (χ0n) is 14.9.